The Hall–Kier alpha value is -2.12. The molecule has 1 aliphatic heterocycles. The number of hydrogen-bond donors (Lipinski definition) is 0. The van der Waals surface area contributed by atoms with E-state index in [0.717, 1.165) is 16.8 Å². The lowest BCUT2D eigenvalue weighted by Gasteiger charge is -2.32. The Kier molecular flexibility index (Phi) is 5.19. The van der Waals surface area contributed by atoms with Crippen molar-refractivity contribution in [3.63, 3.8) is 0 Å². The maximum absolute atomic E-state index is 12.0. The standard InChI is InChI=1S/C20H27BN2O4/c1-14-8-7-9-16(10-14)23-13-15(12-22-23)17(11-18(24)25-6)21-26-19(2,3)20(4,5)27-21/h7-10,12-13,17H,11H2,1-6H3. The highest BCUT2D eigenvalue weighted by Gasteiger charge is 2.54. The Labute approximate surface area is 160 Å². The summed E-state index contributed by atoms with van der Waals surface area (Å²) in [6.07, 6.45) is 3.85. The minimum atomic E-state index is -0.552. The minimum absolute atomic E-state index is 0.160. The van der Waals surface area contributed by atoms with Crippen LogP contribution in [0, 0.1) is 6.92 Å². The second kappa shape index (κ2) is 7.13. The van der Waals surface area contributed by atoms with Crippen molar-refractivity contribution < 1.29 is 18.8 Å². The summed E-state index contributed by atoms with van der Waals surface area (Å²) < 4.78 is 19.1. The van der Waals surface area contributed by atoms with E-state index in [9.17, 15) is 4.79 Å². The summed E-state index contributed by atoms with van der Waals surface area (Å²) in [5.41, 5.74) is 2.05. The molecule has 0 N–H and O–H groups in total. The first-order chi connectivity index (χ1) is 12.6. The third-order valence-electron chi connectivity index (χ3n) is 5.51. The average Bonchev–Trinajstić information content (AvgIpc) is 3.15. The van der Waals surface area contributed by atoms with Crippen LogP contribution >= 0.6 is 0 Å². The topological polar surface area (TPSA) is 62.6 Å². The van der Waals surface area contributed by atoms with Gasteiger partial charge in [0.25, 0.3) is 0 Å². The van der Waals surface area contributed by atoms with Gasteiger partial charge in [0.1, 0.15) is 0 Å². The Morgan fingerprint density at radius 1 is 1.26 bits per heavy atom. The predicted molar refractivity (Wildman–Crippen MR) is 104 cm³/mol. The lowest BCUT2D eigenvalue weighted by Crippen LogP contribution is -2.41. The van der Waals surface area contributed by atoms with Crippen molar-refractivity contribution in [3.8, 4) is 5.69 Å². The van der Waals surface area contributed by atoms with Gasteiger partial charge in [-0.25, -0.2) is 4.68 Å². The normalized spacial score (nSPS) is 19.1. The first-order valence-corrected chi connectivity index (χ1v) is 9.17. The van der Waals surface area contributed by atoms with E-state index in [1.807, 2.05) is 59.0 Å². The van der Waals surface area contributed by atoms with Crippen molar-refractivity contribution in [3.05, 3.63) is 47.8 Å². The number of nitrogens with zero attached hydrogens (tertiary/aromatic N) is 2. The molecule has 0 bridgehead atoms. The van der Waals surface area contributed by atoms with E-state index in [2.05, 4.69) is 11.2 Å². The van der Waals surface area contributed by atoms with Crippen LogP contribution in [0.1, 0.15) is 51.1 Å². The summed E-state index contributed by atoms with van der Waals surface area (Å²) >= 11 is 0. The molecular formula is C20H27BN2O4. The molecule has 0 spiro atoms. The second-order valence-corrected chi connectivity index (χ2v) is 8.07. The van der Waals surface area contributed by atoms with Crippen molar-refractivity contribution in [2.45, 2.75) is 58.1 Å². The van der Waals surface area contributed by atoms with E-state index >= 15 is 0 Å². The molecule has 0 saturated carbocycles. The summed E-state index contributed by atoms with van der Waals surface area (Å²) in [6, 6.07) is 8.08. The molecule has 2 heterocycles. The van der Waals surface area contributed by atoms with Gasteiger partial charge in [-0.2, -0.15) is 5.10 Å². The van der Waals surface area contributed by atoms with E-state index in [1.54, 1.807) is 10.9 Å². The summed E-state index contributed by atoms with van der Waals surface area (Å²) in [4.78, 5) is 12.0. The van der Waals surface area contributed by atoms with Crippen molar-refractivity contribution in [1.82, 2.24) is 9.78 Å². The van der Waals surface area contributed by atoms with Gasteiger partial charge in [0, 0.05) is 12.0 Å². The first-order valence-electron chi connectivity index (χ1n) is 9.17. The molecule has 3 rings (SSSR count). The summed E-state index contributed by atoms with van der Waals surface area (Å²) in [6.45, 7) is 10.0. The average molecular weight is 370 g/mol. The summed E-state index contributed by atoms with van der Waals surface area (Å²) in [5.74, 6) is -0.616. The van der Waals surface area contributed by atoms with Crippen LogP contribution in [-0.4, -0.2) is 41.2 Å². The van der Waals surface area contributed by atoms with Gasteiger partial charge in [0.15, 0.2) is 0 Å². The number of ether oxygens (including phenoxy) is 1. The molecule has 2 aromatic rings. The van der Waals surface area contributed by atoms with Crippen molar-refractivity contribution in [1.29, 1.82) is 0 Å². The van der Waals surface area contributed by atoms with Gasteiger partial charge >= 0.3 is 13.1 Å². The van der Waals surface area contributed by atoms with Crippen LogP contribution in [0.5, 0.6) is 0 Å². The molecule has 1 fully saturated rings. The molecule has 144 valence electrons. The monoisotopic (exact) mass is 370 g/mol. The molecule has 27 heavy (non-hydrogen) atoms. The summed E-state index contributed by atoms with van der Waals surface area (Å²) in [5, 5.41) is 4.48. The van der Waals surface area contributed by atoms with Gasteiger partial charge in [-0.3, -0.25) is 4.79 Å². The highest BCUT2D eigenvalue weighted by Crippen LogP contribution is 2.41. The summed E-state index contributed by atoms with van der Waals surface area (Å²) in [7, 11) is 0.837. The maximum Gasteiger partial charge on any atom is 0.466 e. The molecule has 0 amide bonds. The van der Waals surface area contributed by atoms with E-state index in [1.165, 1.54) is 7.11 Å². The fourth-order valence-corrected chi connectivity index (χ4v) is 3.13. The van der Waals surface area contributed by atoms with Crippen molar-refractivity contribution >= 4 is 13.1 Å². The smallest absolute Gasteiger partial charge is 0.466 e. The van der Waals surface area contributed by atoms with Crippen LogP contribution < -0.4 is 0 Å². The van der Waals surface area contributed by atoms with Crippen LogP contribution in [0.2, 0.25) is 0 Å². The quantitative estimate of drug-likeness (QED) is 0.596. The number of aryl methyl sites for hydroxylation is 1. The van der Waals surface area contributed by atoms with Crippen LogP contribution in [0.25, 0.3) is 5.69 Å². The third kappa shape index (κ3) is 3.94. The predicted octanol–water partition coefficient (Wildman–Crippen LogP) is 3.46. The van der Waals surface area contributed by atoms with E-state index in [4.69, 9.17) is 14.0 Å². The molecule has 0 radical (unpaired) electrons. The van der Waals surface area contributed by atoms with Gasteiger partial charge < -0.3 is 14.0 Å². The lowest BCUT2D eigenvalue weighted by atomic mass is 9.67. The minimum Gasteiger partial charge on any atom is -0.469 e. The maximum atomic E-state index is 12.0. The van der Waals surface area contributed by atoms with Gasteiger partial charge in [-0.1, -0.05) is 12.1 Å². The fraction of sp³-hybridized carbons (Fsp3) is 0.500. The zero-order valence-corrected chi connectivity index (χ0v) is 16.9. The molecule has 1 unspecified atom stereocenters. The molecule has 1 aliphatic rings. The van der Waals surface area contributed by atoms with Crippen LogP contribution in [-0.2, 0) is 18.8 Å². The highest BCUT2D eigenvalue weighted by atomic mass is 16.7. The number of rotatable bonds is 5. The van der Waals surface area contributed by atoms with Gasteiger partial charge in [-0.05, 0) is 57.9 Å². The fourth-order valence-electron chi connectivity index (χ4n) is 3.13. The second-order valence-electron chi connectivity index (χ2n) is 8.07. The number of esters is 1. The van der Waals surface area contributed by atoms with Crippen molar-refractivity contribution in [2.24, 2.45) is 0 Å². The molecule has 1 saturated heterocycles. The van der Waals surface area contributed by atoms with E-state index < -0.39 is 18.3 Å². The number of carbonyl (C=O) groups is 1. The van der Waals surface area contributed by atoms with Crippen LogP contribution in [0.4, 0.5) is 0 Å². The SMILES string of the molecule is COC(=O)CC(B1OC(C)(C)C(C)(C)O1)c1cnn(-c2cccc(C)c2)c1. The lowest BCUT2D eigenvalue weighted by molar-refractivity contribution is -0.140. The van der Waals surface area contributed by atoms with E-state index in [-0.39, 0.29) is 18.2 Å². The largest absolute Gasteiger partial charge is 0.469 e. The Bertz CT molecular complexity index is 815. The number of benzene rings is 1. The van der Waals surface area contributed by atoms with Crippen LogP contribution in [0.3, 0.4) is 0 Å². The Morgan fingerprint density at radius 3 is 2.52 bits per heavy atom. The van der Waals surface area contributed by atoms with Crippen molar-refractivity contribution in [2.75, 3.05) is 7.11 Å². The molecule has 1 aromatic carbocycles. The molecule has 1 atom stereocenters. The Morgan fingerprint density at radius 2 is 1.93 bits per heavy atom. The number of aromatic nitrogens is 2. The van der Waals surface area contributed by atoms with E-state index in [0.29, 0.717) is 0 Å². The number of methoxy groups -OCH3 is 1. The molecule has 7 heteroatoms. The molecule has 1 aromatic heterocycles. The van der Waals surface area contributed by atoms with Gasteiger partial charge in [0.05, 0.1) is 36.6 Å². The Balaban J connectivity index is 1.92. The molecule has 6 nitrogen and oxygen atoms in total. The van der Waals surface area contributed by atoms with Gasteiger partial charge in [-0.15, -0.1) is 0 Å². The zero-order chi connectivity index (χ0) is 19.8. The van der Waals surface area contributed by atoms with Crippen LogP contribution in [0.15, 0.2) is 36.7 Å². The van der Waals surface area contributed by atoms with Gasteiger partial charge in [0.2, 0.25) is 0 Å². The zero-order valence-electron chi connectivity index (χ0n) is 16.9. The molecule has 0 aliphatic carbocycles. The molecular weight excluding hydrogens is 343 g/mol. The number of hydrogen-bond acceptors (Lipinski definition) is 5. The highest BCUT2D eigenvalue weighted by molar-refractivity contribution is 6.48. The first kappa shape index (κ1) is 19.6. The number of carbonyl (C=O) groups excluding carboxylic acids is 1. The third-order valence-corrected chi connectivity index (χ3v) is 5.51.